The fourth-order valence-corrected chi connectivity index (χ4v) is 4.69. The van der Waals surface area contributed by atoms with Gasteiger partial charge in [-0.2, -0.15) is 0 Å². The molecule has 1 fully saturated rings. The van der Waals surface area contributed by atoms with Gasteiger partial charge in [0.05, 0.1) is 17.9 Å². The van der Waals surface area contributed by atoms with Gasteiger partial charge in [-0.15, -0.1) is 10.2 Å². The number of aryl methyl sites for hydroxylation is 1. The number of hydrogen-bond donors (Lipinski definition) is 1. The monoisotopic (exact) mass is 497 g/mol. The largest absolute Gasteiger partial charge is 0.450 e. The van der Waals surface area contributed by atoms with Crippen LogP contribution in [0.15, 0.2) is 53.7 Å². The minimum Gasteiger partial charge on any atom is -0.450 e. The van der Waals surface area contributed by atoms with Crippen LogP contribution in [0.5, 0.6) is 0 Å². The number of thioether (sulfide) groups is 1. The van der Waals surface area contributed by atoms with Gasteiger partial charge in [-0.3, -0.25) is 9.36 Å². The van der Waals surface area contributed by atoms with Crippen LogP contribution in [0.4, 0.5) is 9.18 Å². The van der Waals surface area contributed by atoms with E-state index in [2.05, 4.69) is 15.5 Å². The van der Waals surface area contributed by atoms with Gasteiger partial charge in [-0.1, -0.05) is 41.6 Å². The lowest BCUT2D eigenvalue weighted by molar-refractivity contribution is -0.119. The number of carbonyl (C=O) groups excluding carboxylic acids is 2. The summed E-state index contributed by atoms with van der Waals surface area (Å²) in [6, 6.07) is 14.2. The number of likely N-dealkylation sites (tertiary alicyclic amines) is 1. The topological polar surface area (TPSA) is 89.3 Å². The van der Waals surface area contributed by atoms with Gasteiger partial charge in [0.25, 0.3) is 0 Å². The molecule has 2 amide bonds. The molecule has 35 heavy (non-hydrogen) atoms. The van der Waals surface area contributed by atoms with Crippen molar-refractivity contribution < 1.29 is 18.7 Å². The molecule has 1 aromatic heterocycles. The number of nitrogens with zero attached hydrogens (tertiary/aromatic N) is 4. The van der Waals surface area contributed by atoms with Gasteiger partial charge in [-0.05, 0) is 51.0 Å². The first-order valence-corrected chi connectivity index (χ1v) is 12.6. The molecule has 0 spiro atoms. The lowest BCUT2D eigenvalue weighted by Crippen LogP contribution is -2.47. The summed E-state index contributed by atoms with van der Waals surface area (Å²) >= 11 is 1.25. The van der Waals surface area contributed by atoms with E-state index in [1.807, 2.05) is 31.2 Å². The van der Waals surface area contributed by atoms with E-state index in [1.54, 1.807) is 34.6 Å². The van der Waals surface area contributed by atoms with Gasteiger partial charge < -0.3 is 15.0 Å². The number of rotatable bonds is 7. The fraction of sp³-hybridized carbons (Fsp3) is 0.360. The fourth-order valence-electron chi connectivity index (χ4n) is 3.93. The third-order valence-corrected chi connectivity index (χ3v) is 6.69. The van der Waals surface area contributed by atoms with Crippen molar-refractivity contribution in [3.8, 4) is 17.1 Å². The highest BCUT2D eigenvalue weighted by Crippen LogP contribution is 2.29. The number of piperidine rings is 1. The molecule has 1 N–H and O–H groups in total. The molecule has 8 nitrogen and oxygen atoms in total. The van der Waals surface area contributed by atoms with Gasteiger partial charge in [0.2, 0.25) is 5.91 Å². The van der Waals surface area contributed by atoms with Crippen LogP contribution in [0.2, 0.25) is 0 Å². The molecular weight excluding hydrogens is 469 g/mol. The highest BCUT2D eigenvalue weighted by atomic mass is 32.2. The van der Waals surface area contributed by atoms with Crippen molar-refractivity contribution in [2.75, 3.05) is 25.4 Å². The zero-order chi connectivity index (χ0) is 24.8. The first-order valence-electron chi connectivity index (χ1n) is 11.6. The van der Waals surface area contributed by atoms with Crippen LogP contribution in [0, 0.1) is 12.7 Å². The van der Waals surface area contributed by atoms with Gasteiger partial charge in [0.15, 0.2) is 11.0 Å². The Morgan fingerprint density at radius 1 is 1.11 bits per heavy atom. The van der Waals surface area contributed by atoms with Gasteiger partial charge in [0, 0.05) is 24.8 Å². The summed E-state index contributed by atoms with van der Waals surface area (Å²) in [5.74, 6) is -0.00675. The Morgan fingerprint density at radius 2 is 1.83 bits per heavy atom. The summed E-state index contributed by atoms with van der Waals surface area (Å²) in [7, 11) is 0. The Bertz CT molecular complexity index is 1180. The Kier molecular flexibility index (Phi) is 8.02. The van der Waals surface area contributed by atoms with Crippen LogP contribution in [-0.4, -0.2) is 63.2 Å². The molecule has 1 saturated heterocycles. The number of nitrogens with one attached hydrogen (secondary N) is 1. The maximum absolute atomic E-state index is 14.6. The van der Waals surface area contributed by atoms with E-state index >= 15 is 0 Å². The predicted molar refractivity (Wildman–Crippen MR) is 132 cm³/mol. The summed E-state index contributed by atoms with van der Waals surface area (Å²) < 4.78 is 21.4. The smallest absolute Gasteiger partial charge is 0.409 e. The van der Waals surface area contributed by atoms with Crippen molar-refractivity contribution in [1.29, 1.82) is 0 Å². The highest BCUT2D eigenvalue weighted by molar-refractivity contribution is 7.99. The first kappa shape index (κ1) is 24.7. The van der Waals surface area contributed by atoms with Crippen LogP contribution in [0.1, 0.15) is 25.3 Å². The van der Waals surface area contributed by atoms with E-state index in [4.69, 9.17) is 4.74 Å². The second-order valence-electron chi connectivity index (χ2n) is 8.27. The van der Waals surface area contributed by atoms with E-state index in [0.717, 1.165) is 11.3 Å². The third-order valence-electron chi connectivity index (χ3n) is 5.76. The number of benzene rings is 2. The van der Waals surface area contributed by atoms with E-state index in [9.17, 15) is 14.0 Å². The molecular formula is C25H28FN5O3S. The van der Waals surface area contributed by atoms with Crippen LogP contribution < -0.4 is 5.32 Å². The molecule has 2 aromatic carbocycles. The molecule has 4 rings (SSSR count). The molecule has 0 aliphatic carbocycles. The Morgan fingerprint density at radius 3 is 2.51 bits per heavy atom. The average molecular weight is 498 g/mol. The zero-order valence-corrected chi connectivity index (χ0v) is 20.6. The second-order valence-corrected chi connectivity index (χ2v) is 9.22. The van der Waals surface area contributed by atoms with E-state index in [0.29, 0.717) is 49.1 Å². The van der Waals surface area contributed by atoms with Crippen LogP contribution in [0.3, 0.4) is 0 Å². The van der Waals surface area contributed by atoms with E-state index < -0.39 is 5.82 Å². The lowest BCUT2D eigenvalue weighted by atomic mass is 10.1. The van der Waals surface area contributed by atoms with Crippen molar-refractivity contribution in [2.24, 2.45) is 0 Å². The number of aromatic nitrogens is 3. The number of halogens is 1. The molecule has 1 aliphatic heterocycles. The summed E-state index contributed by atoms with van der Waals surface area (Å²) in [6.45, 7) is 5.21. The maximum Gasteiger partial charge on any atom is 0.409 e. The summed E-state index contributed by atoms with van der Waals surface area (Å²) in [6.07, 6.45) is 1.03. The predicted octanol–water partition coefficient (Wildman–Crippen LogP) is 4.21. The lowest BCUT2D eigenvalue weighted by Gasteiger charge is -2.31. The molecule has 2 heterocycles. The van der Waals surface area contributed by atoms with E-state index in [-0.39, 0.29) is 23.8 Å². The van der Waals surface area contributed by atoms with E-state index in [1.165, 1.54) is 17.8 Å². The molecule has 0 radical (unpaired) electrons. The normalized spacial score (nSPS) is 14.1. The number of carbonyl (C=O) groups is 2. The molecule has 3 aromatic rings. The zero-order valence-electron chi connectivity index (χ0n) is 19.7. The van der Waals surface area contributed by atoms with Crippen molar-refractivity contribution in [2.45, 2.75) is 37.9 Å². The maximum atomic E-state index is 14.6. The summed E-state index contributed by atoms with van der Waals surface area (Å²) in [4.78, 5) is 26.2. The average Bonchev–Trinajstić information content (AvgIpc) is 3.28. The standard InChI is InChI=1S/C25H28FN5O3S/c1-3-34-25(33)30-14-12-18(13-15-30)27-22(32)16-35-24-29-28-23(20-6-4-5-7-21(20)26)31(24)19-10-8-17(2)9-11-19/h4-11,18H,3,12-16H2,1-2H3,(H,27,32). The molecule has 1 aliphatic rings. The van der Waals surface area contributed by atoms with Crippen LogP contribution in [0.25, 0.3) is 17.1 Å². The number of ether oxygens (including phenoxy) is 1. The summed E-state index contributed by atoms with van der Waals surface area (Å²) in [5.41, 5.74) is 2.22. The van der Waals surface area contributed by atoms with Crippen molar-refractivity contribution >= 4 is 23.8 Å². The molecule has 0 unspecified atom stereocenters. The molecule has 0 atom stereocenters. The van der Waals surface area contributed by atoms with Crippen molar-refractivity contribution in [3.63, 3.8) is 0 Å². The molecule has 10 heteroatoms. The second kappa shape index (κ2) is 11.4. The van der Waals surface area contributed by atoms with Crippen LogP contribution >= 0.6 is 11.8 Å². The van der Waals surface area contributed by atoms with Gasteiger partial charge in [-0.25, -0.2) is 9.18 Å². The number of hydrogen-bond acceptors (Lipinski definition) is 6. The third kappa shape index (κ3) is 6.00. The Balaban J connectivity index is 1.44. The SMILES string of the molecule is CCOC(=O)N1CCC(NC(=O)CSc2nnc(-c3ccccc3F)n2-c2ccc(C)cc2)CC1. The van der Waals surface area contributed by atoms with Gasteiger partial charge in [0.1, 0.15) is 5.82 Å². The molecule has 0 saturated carbocycles. The molecule has 184 valence electrons. The van der Waals surface area contributed by atoms with Gasteiger partial charge >= 0.3 is 6.09 Å². The van der Waals surface area contributed by atoms with Crippen LogP contribution in [-0.2, 0) is 9.53 Å². The Labute approximate surface area is 207 Å². The first-order chi connectivity index (χ1) is 17.0. The number of amides is 2. The Hall–Kier alpha value is -3.40. The highest BCUT2D eigenvalue weighted by Gasteiger charge is 2.25. The summed E-state index contributed by atoms with van der Waals surface area (Å²) in [5, 5.41) is 12.1. The quantitative estimate of drug-likeness (QED) is 0.492. The minimum atomic E-state index is -0.392. The van der Waals surface area contributed by atoms with Crippen molar-refractivity contribution in [1.82, 2.24) is 25.0 Å². The molecule has 0 bridgehead atoms. The van der Waals surface area contributed by atoms with Crippen molar-refractivity contribution in [3.05, 3.63) is 59.9 Å². The minimum absolute atomic E-state index is 0.00211.